The molecule has 1 amide bonds. The fourth-order valence-electron chi connectivity index (χ4n) is 3.35. The van der Waals surface area contributed by atoms with Crippen LogP contribution in [0, 0.1) is 0 Å². The molecular formula is C20H20BN3O3S. The van der Waals surface area contributed by atoms with Crippen LogP contribution in [0.3, 0.4) is 0 Å². The summed E-state index contributed by atoms with van der Waals surface area (Å²) in [6.45, 7) is 0.474. The van der Waals surface area contributed by atoms with Gasteiger partial charge in [-0.3, -0.25) is 4.79 Å². The van der Waals surface area contributed by atoms with Crippen molar-refractivity contribution in [2.24, 2.45) is 0 Å². The number of imidazole rings is 1. The van der Waals surface area contributed by atoms with E-state index in [4.69, 9.17) is 0 Å². The lowest BCUT2D eigenvalue weighted by Crippen LogP contribution is -2.48. The predicted molar refractivity (Wildman–Crippen MR) is 112 cm³/mol. The number of para-hydroxylation sites is 2. The molecule has 0 saturated carbocycles. The lowest BCUT2D eigenvalue weighted by Gasteiger charge is -2.18. The summed E-state index contributed by atoms with van der Waals surface area (Å²) in [6.07, 6.45) is 2.31. The molecule has 8 heteroatoms. The average molecular weight is 393 g/mol. The van der Waals surface area contributed by atoms with Crippen LogP contribution in [0.25, 0.3) is 21.1 Å². The molecule has 4 rings (SSSR count). The number of hydrogen-bond donors (Lipinski definition) is 3. The molecule has 2 aromatic heterocycles. The second-order valence-electron chi connectivity index (χ2n) is 6.73. The van der Waals surface area contributed by atoms with Gasteiger partial charge in [-0.1, -0.05) is 30.3 Å². The minimum absolute atomic E-state index is 0.226. The molecule has 2 aromatic carbocycles. The first-order valence-electron chi connectivity index (χ1n) is 9.12. The highest BCUT2D eigenvalue weighted by molar-refractivity contribution is 7.17. The van der Waals surface area contributed by atoms with Crippen LogP contribution in [-0.4, -0.2) is 38.6 Å². The SMILES string of the molecule is O=C(CCn1cnc2ccccc21)N[C@@H](Cc1csc2ccccc12)B(O)O. The van der Waals surface area contributed by atoms with Gasteiger partial charge in [-0.2, -0.15) is 0 Å². The molecule has 0 aliphatic heterocycles. The molecule has 0 radical (unpaired) electrons. The standard InChI is InChI=1S/C20H20BN3O3S/c25-20(9-10-24-13-22-16-6-2-3-7-17(16)24)23-19(21(26)27)11-14-12-28-18-8-4-1-5-15(14)18/h1-8,12-13,19,26-27H,9-11H2,(H,23,25)/t19-/m0/s1. The van der Waals surface area contributed by atoms with Crippen LogP contribution in [0.5, 0.6) is 0 Å². The van der Waals surface area contributed by atoms with Crippen molar-refractivity contribution in [2.75, 3.05) is 0 Å². The molecule has 28 heavy (non-hydrogen) atoms. The van der Waals surface area contributed by atoms with Crippen molar-refractivity contribution >= 4 is 45.5 Å². The predicted octanol–water partition coefficient (Wildman–Crippen LogP) is 2.38. The Balaban J connectivity index is 1.41. The highest BCUT2D eigenvalue weighted by Crippen LogP contribution is 2.26. The van der Waals surface area contributed by atoms with E-state index >= 15 is 0 Å². The minimum Gasteiger partial charge on any atom is -0.426 e. The molecule has 0 aliphatic carbocycles. The number of carbonyl (C=O) groups is 1. The summed E-state index contributed by atoms with van der Waals surface area (Å²) in [4.78, 5) is 16.7. The Morgan fingerprint density at radius 2 is 1.96 bits per heavy atom. The number of benzene rings is 2. The highest BCUT2D eigenvalue weighted by Gasteiger charge is 2.26. The van der Waals surface area contributed by atoms with E-state index in [0.29, 0.717) is 13.0 Å². The maximum Gasteiger partial charge on any atom is 0.475 e. The smallest absolute Gasteiger partial charge is 0.426 e. The van der Waals surface area contributed by atoms with Gasteiger partial charge >= 0.3 is 7.12 Å². The zero-order valence-corrected chi connectivity index (χ0v) is 16.0. The third kappa shape index (κ3) is 3.94. The number of amides is 1. The Kier molecular flexibility index (Phi) is 5.43. The molecule has 3 N–H and O–H groups in total. The van der Waals surface area contributed by atoms with E-state index in [2.05, 4.69) is 10.3 Å². The van der Waals surface area contributed by atoms with E-state index in [0.717, 1.165) is 26.7 Å². The normalized spacial score (nSPS) is 12.4. The van der Waals surface area contributed by atoms with Crippen LogP contribution in [0.4, 0.5) is 0 Å². The van der Waals surface area contributed by atoms with Crippen molar-refractivity contribution in [3.8, 4) is 0 Å². The number of rotatable bonds is 7. The summed E-state index contributed by atoms with van der Waals surface area (Å²) < 4.78 is 3.06. The van der Waals surface area contributed by atoms with Gasteiger partial charge in [-0.25, -0.2) is 4.98 Å². The van der Waals surface area contributed by atoms with Gasteiger partial charge in [0.15, 0.2) is 0 Å². The molecule has 0 bridgehead atoms. The van der Waals surface area contributed by atoms with E-state index in [1.807, 2.05) is 58.5 Å². The average Bonchev–Trinajstić information content (AvgIpc) is 3.30. The number of nitrogens with one attached hydrogen (secondary N) is 1. The van der Waals surface area contributed by atoms with Gasteiger partial charge in [-0.15, -0.1) is 11.3 Å². The van der Waals surface area contributed by atoms with Gasteiger partial charge in [0.2, 0.25) is 5.91 Å². The molecule has 1 atom stereocenters. The summed E-state index contributed by atoms with van der Waals surface area (Å²) in [5, 5.41) is 25.4. The summed E-state index contributed by atoms with van der Waals surface area (Å²) in [5.41, 5.74) is 2.86. The fraction of sp³-hybridized carbons (Fsp3) is 0.200. The van der Waals surface area contributed by atoms with Gasteiger partial charge in [-0.05, 0) is 40.9 Å². The molecule has 2 heterocycles. The number of nitrogens with zero attached hydrogens (tertiary/aromatic N) is 2. The number of carbonyl (C=O) groups excluding carboxylic acids is 1. The molecular weight excluding hydrogens is 373 g/mol. The molecule has 6 nitrogen and oxygen atoms in total. The molecule has 0 spiro atoms. The molecule has 0 aliphatic rings. The van der Waals surface area contributed by atoms with Gasteiger partial charge in [0.1, 0.15) is 0 Å². The summed E-state index contributed by atoms with van der Waals surface area (Å²) >= 11 is 1.61. The lowest BCUT2D eigenvalue weighted by molar-refractivity contribution is -0.121. The third-order valence-corrected chi connectivity index (χ3v) is 5.83. The second-order valence-corrected chi connectivity index (χ2v) is 7.64. The van der Waals surface area contributed by atoms with E-state index in [1.54, 1.807) is 17.7 Å². The van der Waals surface area contributed by atoms with Crippen LogP contribution in [0.1, 0.15) is 12.0 Å². The largest absolute Gasteiger partial charge is 0.475 e. The van der Waals surface area contributed by atoms with Gasteiger partial charge in [0.25, 0.3) is 0 Å². The first kappa shape index (κ1) is 18.7. The van der Waals surface area contributed by atoms with Crippen molar-refractivity contribution < 1.29 is 14.8 Å². The molecule has 0 saturated heterocycles. The van der Waals surface area contributed by atoms with Gasteiger partial charge < -0.3 is 19.9 Å². The van der Waals surface area contributed by atoms with Crippen LogP contribution in [0.15, 0.2) is 60.2 Å². The molecule has 4 aromatic rings. The Labute approximate surface area is 166 Å². The number of hydrogen-bond acceptors (Lipinski definition) is 5. The maximum atomic E-state index is 12.4. The lowest BCUT2D eigenvalue weighted by atomic mass is 9.76. The zero-order valence-electron chi connectivity index (χ0n) is 15.2. The topological polar surface area (TPSA) is 87.4 Å². The Morgan fingerprint density at radius 3 is 2.82 bits per heavy atom. The first-order chi connectivity index (χ1) is 13.6. The number of thiophene rings is 1. The minimum atomic E-state index is -1.63. The fourth-order valence-corrected chi connectivity index (χ4v) is 4.32. The van der Waals surface area contributed by atoms with E-state index < -0.39 is 13.1 Å². The van der Waals surface area contributed by atoms with Crippen LogP contribution in [-0.2, 0) is 17.8 Å². The quantitative estimate of drug-likeness (QED) is 0.421. The summed E-state index contributed by atoms with van der Waals surface area (Å²) in [5.74, 6) is -0.986. The Bertz CT molecular complexity index is 1110. The highest BCUT2D eigenvalue weighted by atomic mass is 32.1. The third-order valence-electron chi connectivity index (χ3n) is 4.81. The maximum absolute atomic E-state index is 12.4. The Morgan fingerprint density at radius 1 is 1.18 bits per heavy atom. The molecule has 0 fully saturated rings. The van der Waals surface area contributed by atoms with Crippen molar-refractivity contribution in [2.45, 2.75) is 25.3 Å². The van der Waals surface area contributed by atoms with Gasteiger partial charge in [0, 0.05) is 17.7 Å². The van der Waals surface area contributed by atoms with Crippen molar-refractivity contribution in [1.82, 2.24) is 14.9 Å². The van der Waals surface area contributed by atoms with Gasteiger partial charge in [0.05, 0.1) is 23.3 Å². The van der Waals surface area contributed by atoms with E-state index in [9.17, 15) is 14.8 Å². The summed E-state index contributed by atoms with van der Waals surface area (Å²) in [6, 6.07) is 15.7. The number of aromatic nitrogens is 2. The first-order valence-corrected chi connectivity index (χ1v) is 10.0. The number of fused-ring (bicyclic) bond motifs is 2. The van der Waals surface area contributed by atoms with Crippen LogP contribution < -0.4 is 5.32 Å². The van der Waals surface area contributed by atoms with E-state index in [-0.39, 0.29) is 12.3 Å². The van der Waals surface area contributed by atoms with Crippen molar-refractivity contribution in [3.05, 3.63) is 65.8 Å². The molecule has 142 valence electrons. The second kappa shape index (κ2) is 8.14. The monoisotopic (exact) mass is 393 g/mol. The molecule has 0 unspecified atom stereocenters. The van der Waals surface area contributed by atoms with Crippen molar-refractivity contribution in [3.63, 3.8) is 0 Å². The van der Waals surface area contributed by atoms with Crippen molar-refractivity contribution in [1.29, 1.82) is 0 Å². The van der Waals surface area contributed by atoms with Crippen LogP contribution in [0.2, 0.25) is 0 Å². The van der Waals surface area contributed by atoms with Crippen LogP contribution >= 0.6 is 11.3 Å². The summed E-state index contributed by atoms with van der Waals surface area (Å²) in [7, 11) is -1.63. The number of aryl methyl sites for hydroxylation is 1. The zero-order chi connectivity index (χ0) is 19.5. The van der Waals surface area contributed by atoms with E-state index in [1.165, 1.54) is 0 Å². The Hall–Kier alpha value is -2.68.